The predicted molar refractivity (Wildman–Crippen MR) is 69.6 cm³/mol. The van der Waals surface area contributed by atoms with Gasteiger partial charge in [-0.25, -0.2) is 13.6 Å². The first kappa shape index (κ1) is 13.9. The lowest BCUT2D eigenvalue weighted by molar-refractivity contribution is 0.0696. The first-order valence-electron chi connectivity index (χ1n) is 5.85. The van der Waals surface area contributed by atoms with Crippen LogP contribution in [0, 0.1) is 18.6 Å². The highest BCUT2D eigenvalue weighted by atomic mass is 19.1. The molecule has 1 aromatic heterocycles. The number of hydrogen-bond donors (Lipinski definition) is 2. The molecular formula is C14H12F2N2O2. The first-order valence-corrected chi connectivity index (χ1v) is 5.85. The average Bonchev–Trinajstić information content (AvgIpc) is 2.42. The van der Waals surface area contributed by atoms with Crippen LogP contribution in [0.15, 0.2) is 30.5 Å². The minimum absolute atomic E-state index is 0.0391. The first-order chi connectivity index (χ1) is 9.47. The van der Waals surface area contributed by atoms with Crippen LogP contribution in [-0.4, -0.2) is 16.1 Å². The fourth-order valence-electron chi connectivity index (χ4n) is 1.62. The molecule has 0 aliphatic carbocycles. The van der Waals surface area contributed by atoms with Gasteiger partial charge in [0.25, 0.3) is 0 Å². The molecule has 2 rings (SSSR count). The summed E-state index contributed by atoms with van der Waals surface area (Å²) in [7, 11) is 0. The van der Waals surface area contributed by atoms with Crippen LogP contribution in [0.25, 0.3) is 0 Å². The maximum Gasteiger partial charge on any atom is 0.337 e. The maximum absolute atomic E-state index is 13.6. The van der Waals surface area contributed by atoms with Gasteiger partial charge in [0.2, 0.25) is 0 Å². The van der Waals surface area contributed by atoms with E-state index in [9.17, 15) is 13.6 Å². The molecule has 1 heterocycles. The Balaban J connectivity index is 2.09. The number of aromatic carboxylic acids is 1. The molecular weight excluding hydrogens is 266 g/mol. The molecule has 2 aromatic rings. The topological polar surface area (TPSA) is 62.2 Å². The Labute approximate surface area is 114 Å². The van der Waals surface area contributed by atoms with Crippen molar-refractivity contribution >= 4 is 11.7 Å². The number of hydrogen-bond acceptors (Lipinski definition) is 3. The molecule has 2 N–H and O–H groups in total. The quantitative estimate of drug-likeness (QED) is 0.902. The van der Waals surface area contributed by atoms with Crippen molar-refractivity contribution in [2.45, 2.75) is 13.5 Å². The lowest BCUT2D eigenvalue weighted by Gasteiger charge is -2.08. The van der Waals surface area contributed by atoms with Gasteiger partial charge in [0.15, 0.2) is 0 Å². The van der Waals surface area contributed by atoms with E-state index in [-0.39, 0.29) is 23.4 Å². The number of aromatic nitrogens is 1. The van der Waals surface area contributed by atoms with Crippen LogP contribution in [0.4, 0.5) is 14.5 Å². The van der Waals surface area contributed by atoms with Crippen LogP contribution in [0.2, 0.25) is 0 Å². The van der Waals surface area contributed by atoms with Gasteiger partial charge in [-0.15, -0.1) is 0 Å². The molecule has 0 radical (unpaired) electrons. The highest BCUT2D eigenvalue weighted by Gasteiger charge is 2.08. The van der Waals surface area contributed by atoms with E-state index in [1.807, 2.05) is 0 Å². The second-order valence-corrected chi connectivity index (χ2v) is 4.28. The maximum atomic E-state index is 13.6. The van der Waals surface area contributed by atoms with Gasteiger partial charge in [0.05, 0.1) is 23.5 Å². The molecule has 0 atom stereocenters. The van der Waals surface area contributed by atoms with E-state index in [1.165, 1.54) is 25.3 Å². The summed E-state index contributed by atoms with van der Waals surface area (Å²) >= 11 is 0. The molecule has 0 amide bonds. The Bertz CT molecular complexity index is 642. The number of nitrogens with one attached hydrogen (secondary N) is 1. The summed E-state index contributed by atoms with van der Waals surface area (Å²) in [5.41, 5.74) is 0.867. The van der Waals surface area contributed by atoms with Crippen molar-refractivity contribution in [3.8, 4) is 0 Å². The Hall–Kier alpha value is -2.50. The molecule has 104 valence electrons. The number of benzene rings is 1. The third kappa shape index (κ3) is 3.09. The minimum atomic E-state index is -1.07. The van der Waals surface area contributed by atoms with Gasteiger partial charge in [0.1, 0.15) is 11.6 Å². The van der Waals surface area contributed by atoms with Crippen LogP contribution in [0.5, 0.6) is 0 Å². The van der Waals surface area contributed by atoms with Crippen molar-refractivity contribution in [1.82, 2.24) is 4.98 Å². The van der Waals surface area contributed by atoms with Gasteiger partial charge in [-0.1, -0.05) is 0 Å². The lowest BCUT2D eigenvalue weighted by Crippen LogP contribution is -2.05. The summed E-state index contributed by atoms with van der Waals surface area (Å²) in [5.74, 6) is -2.11. The standard InChI is InChI=1S/C14H12F2N2O2/c1-8-4-12(16)13(5-11(8)15)18-7-10-3-2-9(6-17-10)14(19)20/h2-6,18H,7H2,1H3,(H,19,20). The van der Waals surface area contributed by atoms with Gasteiger partial charge in [0, 0.05) is 12.3 Å². The van der Waals surface area contributed by atoms with Crippen molar-refractivity contribution in [2.75, 3.05) is 5.32 Å². The second kappa shape index (κ2) is 5.64. The monoisotopic (exact) mass is 278 g/mol. The lowest BCUT2D eigenvalue weighted by atomic mass is 10.2. The third-order valence-corrected chi connectivity index (χ3v) is 2.78. The van der Waals surface area contributed by atoms with Gasteiger partial charge < -0.3 is 10.4 Å². The number of carboxylic acids is 1. The summed E-state index contributed by atoms with van der Waals surface area (Å²) in [6.07, 6.45) is 1.21. The molecule has 4 nitrogen and oxygen atoms in total. The number of aryl methyl sites for hydroxylation is 1. The van der Waals surface area contributed by atoms with E-state index in [0.29, 0.717) is 5.69 Å². The molecule has 0 bridgehead atoms. The number of halogens is 2. The fraction of sp³-hybridized carbons (Fsp3) is 0.143. The predicted octanol–water partition coefficient (Wildman–Crippen LogP) is 2.98. The summed E-state index contributed by atoms with van der Waals surface area (Å²) in [6, 6.07) is 5.10. The Kier molecular flexibility index (Phi) is 3.93. The molecule has 20 heavy (non-hydrogen) atoms. The summed E-state index contributed by atoms with van der Waals surface area (Å²) < 4.78 is 26.9. The highest BCUT2D eigenvalue weighted by molar-refractivity contribution is 5.87. The zero-order chi connectivity index (χ0) is 14.7. The van der Waals surface area contributed by atoms with Crippen molar-refractivity contribution in [3.63, 3.8) is 0 Å². The molecule has 0 spiro atoms. The van der Waals surface area contributed by atoms with E-state index in [1.54, 1.807) is 0 Å². The molecule has 1 aromatic carbocycles. The molecule has 6 heteroatoms. The Morgan fingerprint density at radius 2 is 2.05 bits per heavy atom. The van der Waals surface area contributed by atoms with Crippen molar-refractivity contribution < 1.29 is 18.7 Å². The molecule has 0 saturated carbocycles. The van der Waals surface area contributed by atoms with Crippen LogP contribution in [0.3, 0.4) is 0 Å². The number of rotatable bonds is 4. The number of nitrogens with zero attached hydrogens (tertiary/aromatic N) is 1. The van der Waals surface area contributed by atoms with E-state index in [4.69, 9.17) is 5.11 Å². The van der Waals surface area contributed by atoms with Crippen LogP contribution in [0.1, 0.15) is 21.6 Å². The van der Waals surface area contributed by atoms with Gasteiger partial charge in [-0.2, -0.15) is 0 Å². The smallest absolute Gasteiger partial charge is 0.337 e. The molecule has 0 saturated heterocycles. The second-order valence-electron chi connectivity index (χ2n) is 4.28. The number of carboxylic acid groups (broad SMARTS) is 1. The Morgan fingerprint density at radius 1 is 1.30 bits per heavy atom. The van der Waals surface area contributed by atoms with Crippen LogP contribution < -0.4 is 5.32 Å². The highest BCUT2D eigenvalue weighted by Crippen LogP contribution is 2.19. The van der Waals surface area contributed by atoms with Crippen LogP contribution >= 0.6 is 0 Å². The van der Waals surface area contributed by atoms with Crippen molar-refractivity contribution in [2.24, 2.45) is 0 Å². The zero-order valence-electron chi connectivity index (χ0n) is 10.7. The normalized spacial score (nSPS) is 10.3. The van der Waals surface area contributed by atoms with E-state index in [2.05, 4.69) is 10.3 Å². The zero-order valence-corrected chi connectivity index (χ0v) is 10.7. The fourth-order valence-corrected chi connectivity index (χ4v) is 1.62. The summed E-state index contributed by atoms with van der Waals surface area (Å²) in [5, 5.41) is 11.5. The van der Waals surface area contributed by atoms with E-state index >= 15 is 0 Å². The largest absolute Gasteiger partial charge is 0.478 e. The van der Waals surface area contributed by atoms with E-state index in [0.717, 1.165) is 12.1 Å². The average molecular weight is 278 g/mol. The summed E-state index contributed by atoms with van der Waals surface area (Å²) in [4.78, 5) is 14.6. The number of anilines is 1. The van der Waals surface area contributed by atoms with Gasteiger partial charge in [-0.05, 0) is 30.7 Å². The Morgan fingerprint density at radius 3 is 2.65 bits per heavy atom. The molecule has 0 unspecified atom stereocenters. The van der Waals surface area contributed by atoms with Crippen LogP contribution in [-0.2, 0) is 6.54 Å². The molecule has 0 fully saturated rings. The third-order valence-electron chi connectivity index (χ3n) is 2.78. The molecule has 0 aliphatic heterocycles. The number of carbonyl (C=O) groups is 1. The summed E-state index contributed by atoms with van der Waals surface area (Å²) in [6.45, 7) is 1.65. The minimum Gasteiger partial charge on any atom is -0.478 e. The van der Waals surface area contributed by atoms with Crippen molar-refractivity contribution in [3.05, 3.63) is 58.9 Å². The van der Waals surface area contributed by atoms with Crippen molar-refractivity contribution in [1.29, 1.82) is 0 Å². The van der Waals surface area contributed by atoms with E-state index < -0.39 is 17.6 Å². The number of pyridine rings is 1. The SMILES string of the molecule is Cc1cc(F)c(NCc2ccc(C(=O)O)cn2)cc1F. The van der Waals surface area contributed by atoms with Gasteiger partial charge in [-0.3, -0.25) is 4.98 Å². The van der Waals surface area contributed by atoms with Gasteiger partial charge >= 0.3 is 5.97 Å². The molecule has 0 aliphatic rings.